The third kappa shape index (κ3) is 6.38. The highest BCUT2D eigenvalue weighted by atomic mass is 79.9. The van der Waals surface area contributed by atoms with Gasteiger partial charge in [0.05, 0.1) is 17.8 Å². The van der Waals surface area contributed by atoms with Gasteiger partial charge in [-0.05, 0) is 56.7 Å². The molecule has 0 aliphatic carbocycles. The van der Waals surface area contributed by atoms with Gasteiger partial charge in [-0.3, -0.25) is 9.59 Å². The average Bonchev–Trinajstić information content (AvgIpc) is 2.62. The summed E-state index contributed by atoms with van der Waals surface area (Å²) in [5.74, 6) is -0.801. The Labute approximate surface area is 172 Å². The molecule has 0 spiro atoms. The highest BCUT2D eigenvalue weighted by molar-refractivity contribution is 9.10. The summed E-state index contributed by atoms with van der Waals surface area (Å²) in [5.41, 5.74) is 2.21. The van der Waals surface area contributed by atoms with Crippen LogP contribution in [0.4, 0.5) is 16.2 Å². The van der Waals surface area contributed by atoms with Crippen molar-refractivity contribution in [2.45, 2.75) is 26.8 Å². The van der Waals surface area contributed by atoms with Crippen LogP contribution in [-0.2, 0) is 4.79 Å². The summed E-state index contributed by atoms with van der Waals surface area (Å²) in [6, 6.07) is 11.7. The van der Waals surface area contributed by atoms with Crippen molar-refractivity contribution >= 4 is 45.2 Å². The number of hydrogen-bond acceptors (Lipinski definition) is 3. The van der Waals surface area contributed by atoms with Gasteiger partial charge in [-0.25, -0.2) is 4.79 Å². The molecule has 0 bridgehead atoms. The first-order valence-corrected chi connectivity index (χ1v) is 9.56. The van der Waals surface area contributed by atoms with E-state index < -0.39 is 11.9 Å². The molecule has 8 heteroatoms. The van der Waals surface area contributed by atoms with Crippen LogP contribution in [0.15, 0.2) is 46.9 Å². The normalized spacial score (nSPS) is 10.3. The van der Waals surface area contributed by atoms with Crippen LogP contribution in [0, 0.1) is 6.92 Å². The van der Waals surface area contributed by atoms with Crippen molar-refractivity contribution in [3.05, 3.63) is 58.1 Å². The molecule has 0 fully saturated rings. The van der Waals surface area contributed by atoms with E-state index in [1.807, 2.05) is 32.9 Å². The van der Waals surface area contributed by atoms with E-state index in [-0.39, 0.29) is 24.1 Å². The predicted octanol–water partition coefficient (Wildman–Crippen LogP) is 3.66. The summed E-state index contributed by atoms with van der Waals surface area (Å²) in [5, 5.41) is 10.7. The van der Waals surface area contributed by atoms with Crippen molar-refractivity contribution in [2.24, 2.45) is 0 Å². The Morgan fingerprint density at radius 3 is 2.39 bits per heavy atom. The van der Waals surface area contributed by atoms with E-state index in [2.05, 4.69) is 37.2 Å². The van der Waals surface area contributed by atoms with E-state index in [1.165, 1.54) is 0 Å². The number of benzene rings is 2. The maximum absolute atomic E-state index is 12.5. The second kappa shape index (κ2) is 9.89. The topological polar surface area (TPSA) is 99.3 Å². The molecule has 0 aliphatic rings. The molecule has 0 aromatic heterocycles. The van der Waals surface area contributed by atoms with Crippen LogP contribution < -0.4 is 21.3 Å². The Kier molecular flexibility index (Phi) is 7.57. The van der Waals surface area contributed by atoms with Gasteiger partial charge in [0.15, 0.2) is 0 Å². The van der Waals surface area contributed by atoms with Crippen LogP contribution >= 0.6 is 15.9 Å². The molecule has 0 atom stereocenters. The minimum atomic E-state index is -0.455. The van der Waals surface area contributed by atoms with Gasteiger partial charge in [0.1, 0.15) is 0 Å². The van der Waals surface area contributed by atoms with Gasteiger partial charge in [0.2, 0.25) is 5.91 Å². The van der Waals surface area contributed by atoms with Crippen LogP contribution in [0.25, 0.3) is 0 Å². The summed E-state index contributed by atoms with van der Waals surface area (Å²) in [4.78, 5) is 36.5. The molecule has 4 N–H and O–H groups in total. The van der Waals surface area contributed by atoms with Crippen LogP contribution in [0.1, 0.15) is 29.8 Å². The predicted molar refractivity (Wildman–Crippen MR) is 114 cm³/mol. The molecule has 0 unspecified atom stereocenters. The molecular formula is C20H23BrN4O3. The number of amides is 4. The molecule has 0 radical (unpaired) electrons. The van der Waals surface area contributed by atoms with Crippen molar-refractivity contribution in [3.8, 4) is 0 Å². The van der Waals surface area contributed by atoms with Crippen molar-refractivity contribution in [3.63, 3.8) is 0 Å². The lowest BCUT2D eigenvalue weighted by Gasteiger charge is -2.14. The SMILES string of the molecule is Cc1cc(Br)ccc1NC(=O)CNC(=O)c1ccccc1NC(=O)NC(C)C. The molecule has 148 valence electrons. The van der Waals surface area contributed by atoms with E-state index in [0.717, 1.165) is 10.0 Å². The summed E-state index contributed by atoms with van der Waals surface area (Å²) in [7, 11) is 0. The molecule has 0 saturated heterocycles. The van der Waals surface area contributed by atoms with Crippen molar-refractivity contribution < 1.29 is 14.4 Å². The molecule has 2 aromatic carbocycles. The monoisotopic (exact) mass is 446 g/mol. The van der Waals surface area contributed by atoms with Crippen LogP contribution in [0.2, 0.25) is 0 Å². The lowest BCUT2D eigenvalue weighted by molar-refractivity contribution is -0.115. The van der Waals surface area contributed by atoms with Gasteiger partial charge in [-0.15, -0.1) is 0 Å². The zero-order chi connectivity index (χ0) is 20.7. The fourth-order valence-electron chi connectivity index (χ4n) is 2.43. The molecule has 4 amide bonds. The minimum absolute atomic E-state index is 0.0354. The number of para-hydroxylation sites is 1. The van der Waals surface area contributed by atoms with Crippen LogP contribution in [0.5, 0.6) is 0 Å². The Morgan fingerprint density at radius 1 is 1.00 bits per heavy atom. The number of carbonyl (C=O) groups is 3. The lowest BCUT2D eigenvalue weighted by atomic mass is 10.1. The Morgan fingerprint density at radius 2 is 1.71 bits per heavy atom. The number of hydrogen-bond donors (Lipinski definition) is 4. The standard InChI is InChI=1S/C20H23BrN4O3/c1-12(2)23-20(28)25-17-7-5-4-6-15(17)19(27)22-11-18(26)24-16-9-8-14(21)10-13(16)3/h4-10,12H,11H2,1-3H3,(H,22,27)(H,24,26)(H2,23,25,28). The second-order valence-electron chi connectivity index (χ2n) is 6.49. The van der Waals surface area contributed by atoms with Gasteiger partial charge in [0.25, 0.3) is 5.91 Å². The third-order valence-corrected chi connectivity index (χ3v) is 4.20. The molecule has 28 heavy (non-hydrogen) atoms. The first-order valence-electron chi connectivity index (χ1n) is 8.77. The summed E-state index contributed by atoms with van der Waals surface area (Å²) in [6.07, 6.45) is 0. The molecular weight excluding hydrogens is 424 g/mol. The summed E-state index contributed by atoms with van der Waals surface area (Å²) < 4.78 is 0.918. The second-order valence-corrected chi connectivity index (χ2v) is 7.40. The van der Waals surface area contributed by atoms with Crippen molar-refractivity contribution in [1.82, 2.24) is 10.6 Å². The maximum Gasteiger partial charge on any atom is 0.319 e. The zero-order valence-corrected chi connectivity index (χ0v) is 17.5. The fraction of sp³-hybridized carbons (Fsp3) is 0.250. The summed E-state index contributed by atoms with van der Waals surface area (Å²) in [6.45, 7) is 5.36. The molecule has 7 nitrogen and oxygen atoms in total. The van der Waals surface area contributed by atoms with Gasteiger partial charge < -0.3 is 21.3 Å². The number of urea groups is 1. The highest BCUT2D eigenvalue weighted by Crippen LogP contribution is 2.20. The first-order chi connectivity index (χ1) is 13.3. The van der Waals surface area contributed by atoms with E-state index in [9.17, 15) is 14.4 Å². The first kappa shape index (κ1) is 21.4. The van der Waals surface area contributed by atoms with Crippen LogP contribution in [-0.4, -0.2) is 30.4 Å². The van der Waals surface area contributed by atoms with Crippen molar-refractivity contribution in [2.75, 3.05) is 17.2 Å². The van der Waals surface area contributed by atoms with Gasteiger partial charge in [-0.1, -0.05) is 28.1 Å². The smallest absolute Gasteiger partial charge is 0.319 e. The Bertz CT molecular complexity index is 884. The molecule has 2 aromatic rings. The molecule has 0 heterocycles. The Balaban J connectivity index is 1.97. The van der Waals surface area contributed by atoms with Crippen molar-refractivity contribution in [1.29, 1.82) is 0 Å². The number of nitrogens with one attached hydrogen (secondary N) is 4. The highest BCUT2D eigenvalue weighted by Gasteiger charge is 2.14. The average molecular weight is 447 g/mol. The largest absolute Gasteiger partial charge is 0.343 e. The third-order valence-electron chi connectivity index (χ3n) is 3.71. The quantitative estimate of drug-likeness (QED) is 0.544. The minimum Gasteiger partial charge on any atom is -0.343 e. The van der Waals surface area contributed by atoms with Gasteiger partial charge in [0, 0.05) is 16.2 Å². The molecule has 0 aliphatic heterocycles. The summed E-state index contributed by atoms with van der Waals surface area (Å²) >= 11 is 3.37. The number of aryl methyl sites for hydroxylation is 1. The zero-order valence-electron chi connectivity index (χ0n) is 15.9. The number of carbonyl (C=O) groups excluding carboxylic acids is 3. The number of anilines is 2. The molecule has 0 saturated carbocycles. The van der Waals surface area contributed by atoms with Crippen LogP contribution in [0.3, 0.4) is 0 Å². The Hall–Kier alpha value is -2.87. The van der Waals surface area contributed by atoms with E-state index in [4.69, 9.17) is 0 Å². The van der Waals surface area contributed by atoms with Gasteiger partial charge >= 0.3 is 6.03 Å². The van der Waals surface area contributed by atoms with Gasteiger partial charge in [-0.2, -0.15) is 0 Å². The maximum atomic E-state index is 12.5. The van der Waals surface area contributed by atoms with E-state index in [1.54, 1.807) is 30.3 Å². The fourth-order valence-corrected chi connectivity index (χ4v) is 2.90. The van der Waals surface area contributed by atoms with E-state index >= 15 is 0 Å². The number of halogens is 1. The van der Waals surface area contributed by atoms with E-state index in [0.29, 0.717) is 11.4 Å². The number of rotatable bonds is 6. The molecule has 2 rings (SSSR count). The lowest BCUT2D eigenvalue weighted by Crippen LogP contribution is -2.36.